The van der Waals surface area contributed by atoms with E-state index in [0.717, 1.165) is 13.1 Å². The number of nitrogens with zero attached hydrogens (tertiary/aromatic N) is 4. The molecule has 6 nitrogen and oxygen atoms in total. The number of alkyl halides is 9. The monoisotopic (exact) mass is 531 g/mol. The number of nitrogens with one attached hydrogen (secondary N) is 1. The van der Waals surface area contributed by atoms with Crippen molar-refractivity contribution in [2.24, 2.45) is 0 Å². The van der Waals surface area contributed by atoms with Crippen molar-refractivity contribution < 1.29 is 44.3 Å². The van der Waals surface area contributed by atoms with Gasteiger partial charge >= 0.3 is 18.5 Å². The molecule has 0 radical (unpaired) electrons. The summed E-state index contributed by atoms with van der Waals surface area (Å²) in [6, 6.07) is 1.18. The minimum Gasteiger partial charge on any atom is -0.342 e. The molecule has 2 aromatic heterocycles. The lowest BCUT2D eigenvalue weighted by Gasteiger charge is -2.17. The second kappa shape index (κ2) is 9.02. The lowest BCUT2D eigenvalue weighted by Crippen LogP contribution is -2.29. The molecular formula is C19H11ClF9N5O. The van der Waals surface area contributed by atoms with Crippen LogP contribution in [0.25, 0.3) is 5.82 Å². The van der Waals surface area contributed by atoms with Crippen molar-refractivity contribution in [2.75, 3.05) is 0 Å². The molecule has 1 amide bonds. The molecule has 188 valence electrons. The van der Waals surface area contributed by atoms with Crippen LogP contribution < -0.4 is 5.32 Å². The van der Waals surface area contributed by atoms with Gasteiger partial charge in [0.25, 0.3) is 11.7 Å². The van der Waals surface area contributed by atoms with E-state index in [-0.39, 0.29) is 29.0 Å². The molecule has 0 fully saturated rings. The van der Waals surface area contributed by atoms with Gasteiger partial charge in [-0.15, -0.1) is 5.10 Å². The largest absolute Gasteiger partial charge is 0.453 e. The predicted octanol–water partition coefficient (Wildman–Crippen LogP) is 5.86. The van der Waals surface area contributed by atoms with Gasteiger partial charge in [0.05, 0.1) is 22.2 Å². The van der Waals surface area contributed by atoms with Gasteiger partial charge in [0, 0.05) is 11.8 Å². The fourth-order valence-corrected chi connectivity index (χ4v) is 2.93. The van der Waals surface area contributed by atoms with Crippen LogP contribution in [0.2, 0.25) is 5.02 Å². The first-order valence-corrected chi connectivity index (χ1v) is 9.61. The number of pyridine rings is 1. The first-order valence-electron chi connectivity index (χ1n) is 9.23. The summed E-state index contributed by atoms with van der Waals surface area (Å²) in [6.45, 7) is 1.10. The van der Waals surface area contributed by atoms with Crippen LogP contribution >= 0.6 is 11.6 Å². The minimum absolute atomic E-state index is 0.137. The number of halogens is 10. The van der Waals surface area contributed by atoms with Gasteiger partial charge in [-0.25, -0.2) is 9.97 Å². The van der Waals surface area contributed by atoms with Crippen LogP contribution in [-0.2, 0) is 18.5 Å². The van der Waals surface area contributed by atoms with Crippen LogP contribution in [0.1, 0.15) is 46.1 Å². The number of carbonyl (C=O) groups is 1. The maximum atomic E-state index is 13.2. The summed E-state index contributed by atoms with van der Waals surface area (Å²) in [7, 11) is 0. The number of hydrogen-bond donors (Lipinski definition) is 1. The van der Waals surface area contributed by atoms with Crippen molar-refractivity contribution in [1.29, 1.82) is 0 Å². The quantitative estimate of drug-likeness (QED) is 0.428. The van der Waals surface area contributed by atoms with Crippen molar-refractivity contribution in [1.82, 2.24) is 25.1 Å². The molecule has 0 saturated heterocycles. The standard InChI is InChI=1S/C19H11ClF9N5O/c1-8(14-32-16(19(27,28)29)33-34(14)13-3-2-12(20)7-30-13)31-15(35)9-4-10(17(21,22)23)6-11(5-9)18(24,25)26/h2-8H,1H3,(H,31,35). The summed E-state index contributed by atoms with van der Waals surface area (Å²) in [5, 5.41) is 5.48. The van der Waals surface area contributed by atoms with Gasteiger partial charge in [-0.3, -0.25) is 4.79 Å². The van der Waals surface area contributed by atoms with Gasteiger partial charge in [-0.1, -0.05) is 11.6 Å². The summed E-state index contributed by atoms with van der Waals surface area (Å²) >= 11 is 5.70. The summed E-state index contributed by atoms with van der Waals surface area (Å²) in [5.74, 6) is -3.81. The summed E-state index contributed by atoms with van der Waals surface area (Å²) < 4.78 is 119. The van der Waals surface area contributed by atoms with E-state index in [2.05, 4.69) is 15.1 Å². The van der Waals surface area contributed by atoms with E-state index < -0.39 is 58.8 Å². The highest BCUT2D eigenvalue weighted by atomic mass is 35.5. The van der Waals surface area contributed by atoms with Gasteiger partial charge in [0.15, 0.2) is 11.6 Å². The minimum atomic E-state index is -5.20. The third-order valence-corrected chi connectivity index (χ3v) is 4.62. The van der Waals surface area contributed by atoms with Crippen molar-refractivity contribution in [3.05, 3.63) is 69.9 Å². The van der Waals surface area contributed by atoms with Gasteiger partial charge in [-0.05, 0) is 37.3 Å². The third-order valence-electron chi connectivity index (χ3n) is 4.40. The Morgan fingerprint density at radius 3 is 1.97 bits per heavy atom. The first-order chi connectivity index (χ1) is 16.0. The Morgan fingerprint density at radius 2 is 1.51 bits per heavy atom. The topological polar surface area (TPSA) is 72.7 Å². The van der Waals surface area contributed by atoms with Crippen LogP contribution in [0.3, 0.4) is 0 Å². The van der Waals surface area contributed by atoms with Crippen LogP contribution in [0, 0.1) is 0 Å². The molecule has 1 aromatic carbocycles. The molecule has 35 heavy (non-hydrogen) atoms. The Labute approximate surface area is 194 Å². The van der Waals surface area contributed by atoms with Gasteiger partial charge in [-0.2, -0.15) is 44.2 Å². The van der Waals surface area contributed by atoms with E-state index in [4.69, 9.17) is 11.6 Å². The number of rotatable bonds is 4. The Morgan fingerprint density at radius 1 is 0.943 bits per heavy atom. The van der Waals surface area contributed by atoms with E-state index in [0.29, 0.717) is 4.68 Å². The number of aromatic nitrogens is 4. The second-order valence-electron chi connectivity index (χ2n) is 7.03. The van der Waals surface area contributed by atoms with E-state index in [1.54, 1.807) is 0 Å². The van der Waals surface area contributed by atoms with E-state index in [9.17, 15) is 44.3 Å². The summed E-state index contributed by atoms with van der Waals surface area (Å²) in [4.78, 5) is 19.6. The average molecular weight is 532 g/mol. The van der Waals surface area contributed by atoms with E-state index in [1.165, 1.54) is 12.1 Å². The Balaban J connectivity index is 2.01. The zero-order chi connectivity index (χ0) is 26.3. The first kappa shape index (κ1) is 26.2. The fraction of sp³-hybridized carbons (Fsp3) is 0.263. The summed E-state index contributed by atoms with van der Waals surface area (Å²) in [5.41, 5.74) is -4.50. The highest BCUT2D eigenvalue weighted by Gasteiger charge is 2.39. The van der Waals surface area contributed by atoms with Gasteiger partial charge in [0.1, 0.15) is 0 Å². The number of carbonyl (C=O) groups excluding carboxylic acids is 1. The second-order valence-corrected chi connectivity index (χ2v) is 7.46. The molecule has 0 spiro atoms. The van der Waals surface area contributed by atoms with Crippen LogP contribution in [0.5, 0.6) is 0 Å². The Bertz CT molecular complexity index is 1200. The fourth-order valence-electron chi connectivity index (χ4n) is 2.82. The SMILES string of the molecule is CC(NC(=O)c1cc(C(F)(F)F)cc(C(F)(F)F)c1)c1nc(C(F)(F)F)nn1-c1ccc(Cl)cn1. The van der Waals surface area contributed by atoms with Crippen molar-refractivity contribution in [3.8, 4) is 5.82 Å². The van der Waals surface area contributed by atoms with Crippen LogP contribution in [0.4, 0.5) is 39.5 Å². The maximum absolute atomic E-state index is 13.2. The molecule has 1 atom stereocenters. The van der Waals surface area contributed by atoms with Crippen LogP contribution in [-0.4, -0.2) is 25.7 Å². The lowest BCUT2D eigenvalue weighted by atomic mass is 10.0. The van der Waals surface area contributed by atoms with Crippen molar-refractivity contribution in [2.45, 2.75) is 31.5 Å². The molecule has 16 heteroatoms. The number of amides is 1. The maximum Gasteiger partial charge on any atom is 0.453 e. The van der Waals surface area contributed by atoms with E-state index in [1.807, 2.05) is 5.32 Å². The van der Waals surface area contributed by atoms with Crippen LogP contribution in [0.15, 0.2) is 36.5 Å². The zero-order valence-corrected chi connectivity index (χ0v) is 17.8. The highest BCUT2D eigenvalue weighted by molar-refractivity contribution is 6.30. The normalized spacial score (nSPS) is 13.6. The number of benzene rings is 1. The van der Waals surface area contributed by atoms with Gasteiger partial charge in [0.2, 0.25) is 0 Å². The Hall–Kier alpha value is -3.36. The molecule has 0 aliphatic heterocycles. The van der Waals surface area contributed by atoms with Crippen molar-refractivity contribution in [3.63, 3.8) is 0 Å². The molecular weight excluding hydrogens is 521 g/mol. The lowest BCUT2D eigenvalue weighted by molar-refractivity contribution is -0.145. The smallest absolute Gasteiger partial charge is 0.342 e. The molecule has 3 rings (SSSR count). The number of hydrogen-bond acceptors (Lipinski definition) is 4. The Kier molecular flexibility index (Phi) is 6.76. The molecule has 2 heterocycles. The molecule has 0 bridgehead atoms. The third kappa shape index (κ3) is 6.01. The average Bonchev–Trinajstić information content (AvgIpc) is 3.19. The molecule has 0 saturated carbocycles. The molecule has 0 aliphatic rings. The molecule has 0 aliphatic carbocycles. The van der Waals surface area contributed by atoms with Crippen molar-refractivity contribution >= 4 is 17.5 Å². The predicted molar refractivity (Wildman–Crippen MR) is 101 cm³/mol. The summed E-state index contributed by atoms with van der Waals surface area (Å²) in [6.07, 6.45) is -14.3. The highest BCUT2D eigenvalue weighted by Crippen LogP contribution is 2.36. The zero-order valence-electron chi connectivity index (χ0n) is 17.0. The van der Waals surface area contributed by atoms with Gasteiger partial charge < -0.3 is 5.32 Å². The molecule has 1 N–H and O–H groups in total. The molecule has 3 aromatic rings. The molecule has 1 unspecified atom stereocenters. The van der Waals surface area contributed by atoms with E-state index >= 15 is 0 Å².